The number of aliphatic hydroxyl groups is 1. The zero-order chi connectivity index (χ0) is 26.4. The third kappa shape index (κ3) is 5.07. The Morgan fingerprint density at radius 3 is 2.62 bits per heavy atom. The standard InChI is InChI=1S/C27H25ClF3NO5/c28-17-6-4-16(5-7-17)25-20-3-1-2-10-26(20,35)11-12-32(25)23(33)15-36-18-8-9-19-21(27(29,30)31)14-24(34)37-22(19)13-18/h4-9,13-14,20,25,35H,1-3,10-12,15H2/t20-,25+,26+/m1/s1. The molecule has 0 spiro atoms. The molecular weight excluding hydrogens is 511 g/mol. The smallest absolute Gasteiger partial charge is 0.417 e. The predicted octanol–water partition coefficient (Wildman–Crippen LogP) is 5.74. The van der Waals surface area contributed by atoms with E-state index in [1.165, 1.54) is 12.1 Å². The zero-order valence-corrected chi connectivity index (χ0v) is 20.5. The quantitative estimate of drug-likeness (QED) is 0.431. The summed E-state index contributed by atoms with van der Waals surface area (Å²) in [6.07, 6.45) is -0.918. The van der Waals surface area contributed by atoms with Crippen molar-refractivity contribution in [2.75, 3.05) is 13.2 Å². The number of hydrogen-bond acceptors (Lipinski definition) is 5. The van der Waals surface area contributed by atoms with Crippen molar-refractivity contribution in [3.8, 4) is 5.75 Å². The van der Waals surface area contributed by atoms with E-state index >= 15 is 0 Å². The fourth-order valence-electron chi connectivity index (χ4n) is 5.73. The molecule has 1 aliphatic heterocycles. The molecule has 0 radical (unpaired) electrons. The van der Waals surface area contributed by atoms with E-state index in [-0.39, 0.29) is 41.2 Å². The zero-order valence-electron chi connectivity index (χ0n) is 19.8. The van der Waals surface area contributed by atoms with E-state index in [9.17, 15) is 27.9 Å². The van der Waals surface area contributed by atoms with Gasteiger partial charge in [0.05, 0.1) is 17.2 Å². The lowest BCUT2D eigenvalue weighted by Gasteiger charge is -2.52. The number of nitrogens with zero attached hydrogens (tertiary/aromatic N) is 1. The fraction of sp³-hybridized carbons (Fsp3) is 0.407. The van der Waals surface area contributed by atoms with Crippen molar-refractivity contribution in [2.24, 2.45) is 5.92 Å². The molecule has 3 aromatic rings. The molecule has 0 bridgehead atoms. The average Bonchev–Trinajstić information content (AvgIpc) is 2.85. The summed E-state index contributed by atoms with van der Waals surface area (Å²) in [4.78, 5) is 26.8. The van der Waals surface area contributed by atoms with Gasteiger partial charge in [-0.3, -0.25) is 4.79 Å². The van der Waals surface area contributed by atoms with Crippen molar-refractivity contribution in [3.05, 3.63) is 75.1 Å². The Morgan fingerprint density at radius 2 is 1.89 bits per heavy atom. The van der Waals surface area contributed by atoms with Crippen molar-refractivity contribution >= 4 is 28.5 Å². The van der Waals surface area contributed by atoms with Gasteiger partial charge in [0.2, 0.25) is 0 Å². The third-order valence-corrected chi connectivity index (χ3v) is 7.74. The lowest BCUT2D eigenvalue weighted by atomic mass is 9.66. The lowest BCUT2D eigenvalue weighted by Crippen LogP contribution is -2.56. The predicted molar refractivity (Wildman–Crippen MR) is 130 cm³/mol. The third-order valence-electron chi connectivity index (χ3n) is 7.48. The van der Waals surface area contributed by atoms with E-state index < -0.39 is 23.0 Å². The second-order valence-electron chi connectivity index (χ2n) is 9.71. The monoisotopic (exact) mass is 535 g/mol. The molecule has 37 heavy (non-hydrogen) atoms. The van der Waals surface area contributed by atoms with E-state index in [2.05, 4.69) is 0 Å². The Bertz CT molecular complexity index is 1370. The Morgan fingerprint density at radius 1 is 1.14 bits per heavy atom. The molecule has 1 saturated carbocycles. The minimum Gasteiger partial charge on any atom is -0.484 e. The number of likely N-dealkylation sites (tertiary alicyclic amines) is 1. The summed E-state index contributed by atoms with van der Waals surface area (Å²) in [7, 11) is 0. The number of benzene rings is 2. The summed E-state index contributed by atoms with van der Waals surface area (Å²) >= 11 is 6.08. The van der Waals surface area contributed by atoms with Crippen molar-refractivity contribution < 1.29 is 32.2 Å². The van der Waals surface area contributed by atoms with Crippen molar-refractivity contribution in [1.82, 2.24) is 4.90 Å². The van der Waals surface area contributed by atoms with Crippen LogP contribution in [0.2, 0.25) is 5.02 Å². The summed E-state index contributed by atoms with van der Waals surface area (Å²) < 4.78 is 50.5. The number of rotatable bonds is 4. The van der Waals surface area contributed by atoms with E-state index in [1.807, 2.05) is 12.1 Å². The molecule has 1 aromatic heterocycles. The maximum Gasteiger partial charge on any atom is 0.417 e. The summed E-state index contributed by atoms with van der Waals surface area (Å²) in [6, 6.07) is 10.9. The van der Waals surface area contributed by atoms with Crippen molar-refractivity contribution in [1.29, 1.82) is 0 Å². The van der Waals surface area contributed by atoms with Crippen LogP contribution in [0.1, 0.15) is 49.3 Å². The number of ether oxygens (including phenoxy) is 1. The molecule has 1 amide bonds. The van der Waals surface area contributed by atoms with Gasteiger partial charge < -0.3 is 19.2 Å². The molecule has 1 saturated heterocycles. The second kappa shape index (κ2) is 9.68. The van der Waals surface area contributed by atoms with Gasteiger partial charge in [-0.1, -0.05) is 36.6 Å². The maximum atomic E-state index is 13.4. The number of alkyl halides is 3. The minimum atomic E-state index is -4.72. The molecule has 10 heteroatoms. The van der Waals surface area contributed by atoms with Crippen LogP contribution in [0.5, 0.6) is 5.75 Å². The van der Waals surface area contributed by atoms with Crippen LogP contribution in [-0.4, -0.2) is 34.7 Å². The van der Waals surface area contributed by atoms with Crippen molar-refractivity contribution in [3.63, 3.8) is 0 Å². The highest BCUT2D eigenvalue weighted by Crippen LogP contribution is 2.49. The van der Waals surface area contributed by atoms with Crippen LogP contribution in [0.25, 0.3) is 11.0 Å². The SMILES string of the molecule is O=C(COc1ccc2c(C(F)(F)F)cc(=O)oc2c1)N1CC[C@@]2(O)CCCC[C@@H]2[C@@H]1c1ccc(Cl)cc1. The Kier molecular flexibility index (Phi) is 6.70. The number of piperidine rings is 1. The summed E-state index contributed by atoms with van der Waals surface area (Å²) in [6.45, 7) is -0.0338. The van der Waals surface area contributed by atoms with Gasteiger partial charge in [-0.25, -0.2) is 4.79 Å². The molecule has 2 fully saturated rings. The number of halogens is 4. The van der Waals surface area contributed by atoms with Crippen LogP contribution in [-0.2, 0) is 11.0 Å². The first-order chi connectivity index (χ1) is 17.5. The van der Waals surface area contributed by atoms with Crippen LogP contribution < -0.4 is 10.4 Å². The summed E-state index contributed by atoms with van der Waals surface area (Å²) in [5.74, 6) is -0.369. The number of fused-ring (bicyclic) bond motifs is 2. The van der Waals surface area contributed by atoms with Gasteiger partial charge in [-0.15, -0.1) is 0 Å². The first kappa shape index (κ1) is 25.6. The molecule has 6 nitrogen and oxygen atoms in total. The van der Waals surface area contributed by atoms with Crippen molar-refractivity contribution in [2.45, 2.75) is 49.9 Å². The Hall–Kier alpha value is -3.04. The van der Waals surface area contributed by atoms with E-state index in [0.717, 1.165) is 30.9 Å². The highest BCUT2D eigenvalue weighted by Gasteiger charge is 2.50. The van der Waals surface area contributed by atoms with E-state index in [4.69, 9.17) is 20.8 Å². The number of amides is 1. The molecule has 196 valence electrons. The number of carbonyl (C=O) groups is 1. The van der Waals surface area contributed by atoms with Crippen LogP contribution in [0, 0.1) is 5.92 Å². The van der Waals surface area contributed by atoms with Gasteiger partial charge in [0.25, 0.3) is 5.91 Å². The maximum absolute atomic E-state index is 13.4. The van der Waals surface area contributed by atoms with E-state index in [1.54, 1.807) is 17.0 Å². The number of carbonyl (C=O) groups excluding carboxylic acids is 1. The molecular formula is C27H25ClF3NO5. The van der Waals surface area contributed by atoms with Gasteiger partial charge in [-0.05, 0) is 49.1 Å². The molecule has 1 aliphatic carbocycles. The Balaban J connectivity index is 1.39. The van der Waals surface area contributed by atoms with Gasteiger partial charge in [0.15, 0.2) is 6.61 Å². The fourth-order valence-corrected chi connectivity index (χ4v) is 5.86. The lowest BCUT2D eigenvalue weighted by molar-refractivity contribution is -0.157. The van der Waals surface area contributed by atoms with E-state index in [0.29, 0.717) is 30.5 Å². The van der Waals surface area contributed by atoms with Crippen LogP contribution in [0.3, 0.4) is 0 Å². The van der Waals surface area contributed by atoms with Gasteiger partial charge in [0, 0.05) is 35.0 Å². The molecule has 3 atom stereocenters. The minimum absolute atomic E-state index is 0.0950. The summed E-state index contributed by atoms with van der Waals surface area (Å²) in [5.41, 5.74) is -2.50. The molecule has 2 aliphatic rings. The van der Waals surface area contributed by atoms with Gasteiger partial charge in [-0.2, -0.15) is 13.2 Å². The summed E-state index contributed by atoms with van der Waals surface area (Å²) in [5, 5.41) is 11.7. The van der Waals surface area contributed by atoms with Crippen LogP contribution in [0.4, 0.5) is 13.2 Å². The number of hydrogen-bond donors (Lipinski definition) is 1. The second-order valence-corrected chi connectivity index (χ2v) is 10.1. The largest absolute Gasteiger partial charge is 0.484 e. The average molecular weight is 536 g/mol. The first-order valence-corrected chi connectivity index (χ1v) is 12.5. The topological polar surface area (TPSA) is 80.0 Å². The molecule has 1 N–H and O–H groups in total. The van der Waals surface area contributed by atoms with Gasteiger partial charge in [0.1, 0.15) is 11.3 Å². The Labute approximate surface area is 215 Å². The highest BCUT2D eigenvalue weighted by molar-refractivity contribution is 6.30. The molecule has 2 heterocycles. The molecule has 5 rings (SSSR count). The van der Waals surface area contributed by atoms with Crippen LogP contribution >= 0.6 is 11.6 Å². The molecule has 2 aromatic carbocycles. The van der Waals surface area contributed by atoms with Crippen LogP contribution in [0.15, 0.2) is 57.7 Å². The highest BCUT2D eigenvalue weighted by atomic mass is 35.5. The molecule has 0 unspecified atom stereocenters. The normalized spacial score (nSPS) is 24.1. The van der Waals surface area contributed by atoms with Gasteiger partial charge >= 0.3 is 11.8 Å². The first-order valence-electron chi connectivity index (χ1n) is 12.1.